The van der Waals surface area contributed by atoms with Crippen molar-refractivity contribution >= 4 is 27.7 Å². The van der Waals surface area contributed by atoms with E-state index in [1.165, 1.54) is 6.07 Å². The Morgan fingerprint density at radius 3 is 2.37 bits per heavy atom. The van der Waals surface area contributed by atoms with E-state index in [0.29, 0.717) is 0 Å². The lowest BCUT2D eigenvalue weighted by Gasteiger charge is -2.13. The Morgan fingerprint density at radius 2 is 1.89 bits per heavy atom. The second kappa shape index (κ2) is 5.25. The van der Waals surface area contributed by atoms with E-state index in [1.807, 2.05) is 0 Å². The van der Waals surface area contributed by atoms with Crippen LogP contribution in [0.25, 0.3) is 0 Å². The summed E-state index contributed by atoms with van der Waals surface area (Å²) in [6, 6.07) is 3.30. The fourth-order valence-electron chi connectivity index (χ4n) is 1.02. The van der Waals surface area contributed by atoms with Crippen molar-refractivity contribution in [1.82, 2.24) is 0 Å². The Morgan fingerprint density at radius 1 is 1.32 bits per heavy atom. The summed E-state index contributed by atoms with van der Waals surface area (Å²) in [6.07, 6.45) is 0. The molecule has 10 heteroatoms. The Bertz CT molecular complexity index is 596. The fourth-order valence-corrected chi connectivity index (χ4v) is 1.77. The molecule has 0 aliphatic carbocycles. The van der Waals surface area contributed by atoms with Gasteiger partial charge in [-0.25, -0.2) is 4.79 Å². The van der Waals surface area contributed by atoms with Crippen LogP contribution >= 0.6 is 11.6 Å². The van der Waals surface area contributed by atoms with Crippen LogP contribution < -0.4 is 4.18 Å². The normalized spacial score (nSPS) is 12.1. The van der Waals surface area contributed by atoms with Crippen LogP contribution in [0, 0.1) is 0 Å². The average molecular weight is 319 g/mol. The number of carbonyl (C=O) groups excluding carboxylic acids is 1. The van der Waals surface area contributed by atoms with Gasteiger partial charge in [0.2, 0.25) is 0 Å². The van der Waals surface area contributed by atoms with Crippen molar-refractivity contribution in [3.8, 4) is 5.75 Å². The summed E-state index contributed by atoms with van der Waals surface area (Å²) < 4.78 is 66.5. The number of benzene rings is 1. The summed E-state index contributed by atoms with van der Waals surface area (Å²) in [5.74, 6) is -2.02. The third-order valence-electron chi connectivity index (χ3n) is 1.85. The molecule has 0 bridgehead atoms. The van der Waals surface area contributed by atoms with Crippen molar-refractivity contribution in [3.05, 3.63) is 28.8 Å². The van der Waals surface area contributed by atoms with Gasteiger partial charge in [0.1, 0.15) is 5.56 Å². The molecule has 0 aromatic heterocycles. The van der Waals surface area contributed by atoms with Crippen LogP contribution in [0.5, 0.6) is 5.75 Å². The van der Waals surface area contributed by atoms with Crippen molar-refractivity contribution < 1.29 is 35.3 Å². The van der Waals surface area contributed by atoms with Crippen LogP contribution in [0.15, 0.2) is 18.2 Å². The quantitative estimate of drug-likeness (QED) is 0.486. The van der Waals surface area contributed by atoms with Crippen LogP contribution in [-0.4, -0.2) is 27.0 Å². The van der Waals surface area contributed by atoms with Gasteiger partial charge < -0.3 is 8.92 Å². The highest BCUT2D eigenvalue weighted by atomic mass is 35.5. The van der Waals surface area contributed by atoms with Gasteiger partial charge in [-0.05, 0) is 12.1 Å². The Hall–Kier alpha value is -1.48. The maximum absolute atomic E-state index is 12.2. The summed E-state index contributed by atoms with van der Waals surface area (Å²) in [5, 5.41) is -0.476. The number of alkyl halides is 3. The van der Waals surface area contributed by atoms with Gasteiger partial charge in [0.05, 0.1) is 12.1 Å². The van der Waals surface area contributed by atoms with Crippen molar-refractivity contribution in [2.75, 3.05) is 7.11 Å². The molecule has 0 aliphatic rings. The molecule has 5 nitrogen and oxygen atoms in total. The summed E-state index contributed by atoms with van der Waals surface area (Å²) >= 11 is 5.52. The lowest BCUT2D eigenvalue weighted by atomic mass is 10.2. The smallest absolute Gasteiger partial charge is 0.465 e. The van der Waals surface area contributed by atoms with Gasteiger partial charge in [-0.3, -0.25) is 0 Å². The summed E-state index contributed by atoms with van der Waals surface area (Å²) in [7, 11) is -4.97. The van der Waals surface area contributed by atoms with Gasteiger partial charge in [-0.1, -0.05) is 17.7 Å². The van der Waals surface area contributed by atoms with Crippen LogP contribution in [0.1, 0.15) is 10.4 Å². The zero-order chi connectivity index (χ0) is 14.8. The van der Waals surface area contributed by atoms with E-state index in [0.717, 1.165) is 19.2 Å². The van der Waals surface area contributed by atoms with Crippen molar-refractivity contribution in [1.29, 1.82) is 0 Å². The van der Waals surface area contributed by atoms with Gasteiger partial charge in [0.25, 0.3) is 0 Å². The van der Waals surface area contributed by atoms with E-state index in [1.54, 1.807) is 0 Å². The van der Waals surface area contributed by atoms with Crippen molar-refractivity contribution in [2.45, 2.75) is 5.51 Å². The minimum absolute atomic E-state index is 0.476. The topological polar surface area (TPSA) is 69.7 Å². The first-order valence-corrected chi connectivity index (χ1v) is 6.26. The molecular weight excluding hydrogens is 313 g/mol. The summed E-state index contributed by atoms with van der Waals surface area (Å²) in [6.45, 7) is 0. The molecule has 0 saturated carbocycles. The molecule has 0 spiro atoms. The van der Waals surface area contributed by atoms with E-state index in [-0.39, 0.29) is 0 Å². The van der Waals surface area contributed by atoms with Crippen molar-refractivity contribution in [2.24, 2.45) is 0 Å². The number of ether oxygens (including phenoxy) is 1. The number of hydrogen-bond donors (Lipinski definition) is 0. The predicted molar refractivity (Wildman–Crippen MR) is 58.4 cm³/mol. The second-order valence-electron chi connectivity index (χ2n) is 3.09. The molecule has 0 N–H and O–H groups in total. The minimum atomic E-state index is -5.93. The summed E-state index contributed by atoms with van der Waals surface area (Å²) in [5.41, 5.74) is -6.18. The Labute approximate surface area is 111 Å². The number of halogens is 4. The van der Waals surface area contributed by atoms with Crippen LogP contribution in [-0.2, 0) is 14.9 Å². The molecule has 0 amide bonds. The maximum Gasteiger partial charge on any atom is 0.534 e. The van der Waals surface area contributed by atoms with Gasteiger partial charge in [-0.2, -0.15) is 21.6 Å². The highest BCUT2D eigenvalue weighted by molar-refractivity contribution is 7.88. The minimum Gasteiger partial charge on any atom is -0.465 e. The predicted octanol–water partition coefficient (Wildman–Crippen LogP) is 2.36. The van der Waals surface area contributed by atoms with E-state index < -0.39 is 37.9 Å². The molecule has 0 aliphatic heterocycles. The molecule has 0 atom stereocenters. The maximum atomic E-state index is 12.2. The SMILES string of the molecule is COC(=O)c1cccc(Cl)c1OS(=O)(=O)C(F)(F)F. The van der Waals surface area contributed by atoms with Gasteiger partial charge in [0, 0.05) is 0 Å². The first-order valence-electron chi connectivity index (χ1n) is 4.47. The standard InChI is InChI=1S/C9H6ClF3O5S/c1-17-8(14)5-3-2-4-6(10)7(5)18-19(15,16)9(11,12)13/h2-4H,1H3. The molecule has 1 rings (SSSR count). The molecule has 1 aromatic rings. The first kappa shape index (κ1) is 15.6. The molecule has 0 unspecified atom stereocenters. The molecule has 19 heavy (non-hydrogen) atoms. The molecule has 106 valence electrons. The zero-order valence-electron chi connectivity index (χ0n) is 9.19. The Balaban J connectivity index is 3.33. The van der Waals surface area contributed by atoms with Crippen LogP contribution in [0.3, 0.4) is 0 Å². The van der Waals surface area contributed by atoms with E-state index in [9.17, 15) is 26.4 Å². The van der Waals surface area contributed by atoms with E-state index in [4.69, 9.17) is 11.6 Å². The van der Waals surface area contributed by atoms with E-state index in [2.05, 4.69) is 8.92 Å². The third kappa shape index (κ3) is 3.29. The number of carbonyl (C=O) groups is 1. The van der Waals surface area contributed by atoms with E-state index >= 15 is 0 Å². The van der Waals surface area contributed by atoms with Gasteiger partial charge in [0.15, 0.2) is 5.75 Å². The second-order valence-corrected chi connectivity index (χ2v) is 5.04. The molecule has 0 radical (unpaired) electrons. The van der Waals surface area contributed by atoms with Crippen LogP contribution in [0.4, 0.5) is 13.2 Å². The molecule has 0 heterocycles. The largest absolute Gasteiger partial charge is 0.534 e. The number of esters is 1. The molecule has 1 aromatic carbocycles. The van der Waals surface area contributed by atoms with Gasteiger partial charge in [-0.15, -0.1) is 0 Å². The third-order valence-corrected chi connectivity index (χ3v) is 3.10. The number of para-hydroxylation sites is 1. The monoisotopic (exact) mass is 318 g/mol. The Kier molecular flexibility index (Phi) is 4.31. The first-order chi connectivity index (χ1) is 8.60. The lowest BCUT2D eigenvalue weighted by molar-refractivity contribution is -0.0500. The average Bonchev–Trinajstić information content (AvgIpc) is 2.29. The highest BCUT2D eigenvalue weighted by Crippen LogP contribution is 2.34. The number of hydrogen-bond acceptors (Lipinski definition) is 5. The lowest BCUT2D eigenvalue weighted by Crippen LogP contribution is -2.28. The molecule has 0 fully saturated rings. The van der Waals surface area contributed by atoms with Gasteiger partial charge >= 0.3 is 21.6 Å². The fraction of sp³-hybridized carbons (Fsp3) is 0.222. The zero-order valence-corrected chi connectivity index (χ0v) is 10.8. The highest BCUT2D eigenvalue weighted by Gasteiger charge is 2.49. The summed E-state index contributed by atoms with van der Waals surface area (Å²) in [4.78, 5) is 11.3. The molecule has 0 saturated heterocycles. The number of rotatable bonds is 3. The molecular formula is C9H6ClF3O5S. The van der Waals surface area contributed by atoms with Crippen LogP contribution in [0.2, 0.25) is 5.02 Å². The number of methoxy groups -OCH3 is 1. The van der Waals surface area contributed by atoms with Crippen molar-refractivity contribution in [3.63, 3.8) is 0 Å².